The molecule has 0 radical (unpaired) electrons. The average molecular weight is 259 g/mol. The Morgan fingerprint density at radius 2 is 2.26 bits per heavy atom. The van der Waals surface area contributed by atoms with Crippen LogP contribution in [0.4, 0.5) is 10.3 Å². The van der Waals surface area contributed by atoms with Crippen molar-refractivity contribution in [3.63, 3.8) is 0 Å². The van der Waals surface area contributed by atoms with Crippen molar-refractivity contribution in [2.45, 2.75) is 19.5 Å². The molecule has 0 amide bonds. The van der Waals surface area contributed by atoms with Gasteiger partial charge in [0.2, 0.25) is 5.95 Å². The van der Waals surface area contributed by atoms with E-state index in [1.807, 2.05) is 28.4 Å². The van der Waals surface area contributed by atoms with Gasteiger partial charge in [0, 0.05) is 18.5 Å². The van der Waals surface area contributed by atoms with Crippen molar-refractivity contribution < 1.29 is 4.39 Å². The highest BCUT2D eigenvalue weighted by Crippen LogP contribution is 2.24. The van der Waals surface area contributed by atoms with Crippen LogP contribution in [0, 0.1) is 5.82 Å². The zero-order valence-corrected chi connectivity index (χ0v) is 10.5. The molecule has 2 aromatic heterocycles. The van der Waals surface area contributed by atoms with Crippen LogP contribution in [0.3, 0.4) is 0 Å². The van der Waals surface area contributed by atoms with Gasteiger partial charge in [-0.15, -0.1) is 0 Å². The van der Waals surface area contributed by atoms with Gasteiger partial charge in [-0.3, -0.25) is 4.68 Å². The fourth-order valence-electron chi connectivity index (χ4n) is 2.31. The molecule has 5 nitrogen and oxygen atoms in total. The number of benzene rings is 1. The second-order valence-corrected chi connectivity index (χ2v) is 4.55. The van der Waals surface area contributed by atoms with E-state index in [1.165, 1.54) is 12.1 Å². The number of fused-ring (bicyclic) bond motifs is 1. The van der Waals surface area contributed by atoms with Gasteiger partial charge in [0.1, 0.15) is 5.82 Å². The number of nitrogen functional groups attached to an aromatic ring is 1. The summed E-state index contributed by atoms with van der Waals surface area (Å²) in [7, 11) is 0. The van der Waals surface area contributed by atoms with E-state index in [2.05, 4.69) is 10.1 Å². The molecule has 1 atom stereocenters. The van der Waals surface area contributed by atoms with Crippen LogP contribution in [0.15, 0.2) is 36.7 Å². The summed E-state index contributed by atoms with van der Waals surface area (Å²) in [5, 5.41) is 4.17. The predicted molar refractivity (Wildman–Crippen MR) is 71.0 cm³/mol. The van der Waals surface area contributed by atoms with Gasteiger partial charge < -0.3 is 10.3 Å². The molecule has 0 bridgehead atoms. The largest absolute Gasteiger partial charge is 0.369 e. The second-order valence-electron chi connectivity index (χ2n) is 4.55. The number of anilines is 1. The maximum atomic E-state index is 13.2. The topological polar surface area (TPSA) is 61.7 Å². The Bertz CT molecular complexity index is 701. The van der Waals surface area contributed by atoms with Gasteiger partial charge in [-0.25, -0.2) is 9.37 Å². The first kappa shape index (κ1) is 11.7. The standard InChI is InChI=1S/C13H14FN5/c1-9(8-18-6-2-5-16-18)19-12-4-3-10(14)7-11(12)17-13(19)15/h2-7,9H,8H2,1H3,(H2,15,17). The SMILES string of the molecule is CC(Cn1cccn1)n1c(N)nc2cc(F)ccc21. The van der Waals surface area contributed by atoms with Gasteiger partial charge >= 0.3 is 0 Å². The number of halogens is 1. The van der Waals surface area contributed by atoms with Crippen molar-refractivity contribution in [2.24, 2.45) is 0 Å². The highest BCUT2D eigenvalue weighted by molar-refractivity contribution is 5.78. The maximum Gasteiger partial charge on any atom is 0.201 e. The third-order valence-corrected chi connectivity index (χ3v) is 3.13. The molecule has 0 saturated carbocycles. The van der Waals surface area contributed by atoms with Crippen molar-refractivity contribution in [1.82, 2.24) is 19.3 Å². The van der Waals surface area contributed by atoms with Crippen LogP contribution in [0.25, 0.3) is 11.0 Å². The van der Waals surface area contributed by atoms with Crippen molar-refractivity contribution in [2.75, 3.05) is 5.73 Å². The Balaban J connectivity index is 2.01. The summed E-state index contributed by atoms with van der Waals surface area (Å²) in [6.45, 7) is 2.71. The summed E-state index contributed by atoms with van der Waals surface area (Å²) in [6, 6.07) is 6.46. The Morgan fingerprint density at radius 1 is 1.42 bits per heavy atom. The van der Waals surface area contributed by atoms with Crippen LogP contribution >= 0.6 is 0 Å². The van der Waals surface area contributed by atoms with Crippen LogP contribution in [0.2, 0.25) is 0 Å². The highest BCUT2D eigenvalue weighted by atomic mass is 19.1. The van der Waals surface area contributed by atoms with Gasteiger partial charge in [-0.1, -0.05) is 0 Å². The molecular weight excluding hydrogens is 245 g/mol. The molecular formula is C13H14FN5. The molecule has 0 spiro atoms. The third kappa shape index (κ3) is 2.05. The molecule has 0 saturated heterocycles. The Labute approximate surface area is 109 Å². The lowest BCUT2D eigenvalue weighted by Crippen LogP contribution is -2.15. The van der Waals surface area contributed by atoms with Crippen LogP contribution in [0.1, 0.15) is 13.0 Å². The van der Waals surface area contributed by atoms with E-state index in [0.717, 1.165) is 5.52 Å². The summed E-state index contributed by atoms with van der Waals surface area (Å²) in [4.78, 5) is 4.20. The monoisotopic (exact) mass is 259 g/mol. The first-order valence-corrected chi connectivity index (χ1v) is 6.05. The lowest BCUT2D eigenvalue weighted by atomic mass is 10.2. The van der Waals surface area contributed by atoms with E-state index in [4.69, 9.17) is 5.73 Å². The predicted octanol–water partition coefficient (Wildman–Crippen LogP) is 2.22. The van der Waals surface area contributed by atoms with E-state index in [-0.39, 0.29) is 11.9 Å². The lowest BCUT2D eigenvalue weighted by Gasteiger charge is -2.16. The van der Waals surface area contributed by atoms with Crippen molar-refractivity contribution in [3.05, 3.63) is 42.5 Å². The molecule has 6 heteroatoms. The van der Waals surface area contributed by atoms with Gasteiger partial charge in [-0.05, 0) is 25.1 Å². The first-order chi connectivity index (χ1) is 9.15. The van der Waals surface area contributed by atoms with E-state index in [9.17, 15) is 4.39 Å². The molecule has 0 aliphatic rings. The summed E-state index contributed by atoms with van der Waals surface area (Å²) in [5.74, 6) is 0.0807. The Kier molecular flexibility index (Phi) is 2.70. The zero-order valence-electron chi connectivity index (χ0n) is 10.5. The normalized spacial score (nSPS) is 12.9. The molecule has 98 valence electrons. The molecule has 0 fully saturated rings. The third-order valence-electron chi connectivity index (χ3n) is 3.13. The lowest BCUT2D eigenvalue weighted by molar-refractivity contribution is 0.449. The molecule has 0 aliphatic carbocycles. The number of rotatable bonds is 3. The van der Waals surface area contributed by atoms with Gasteiger partial charge in [0.25, 0.3) is 0 Å². The number of hydrogen-bond acceptors (Lipinski definition) is 3. The van der Waals surface area contributed by atoms with Crippen molar-refractivity contribution in [3.8, 4) is 0 Å². The number of hydrogen-bond donors (Lipinski definition) is 1. The maximum absolute atomic E-state index is 13.2. The van der Waals surface area contributed by atoms with Gasteiger partial charge in [-0.2, -0.15) is 5.10 Å². The summed E-state index contributed by atoms with van der Waals surface area (Å²) in [6.07, 6.45) is 3.63. The van der Waals surface area contributed by atoms with E-state index in [1.54, 1.807) is 12.3 Å². The molecule has 1 unspecified atom stereocenters. The minimum Gasteiger partial charge on any atom is -0.369 e. The molecule has 3 aromatic rings. The van der Waals surface area contributed by atoms with Crippen molar-refractivity contribution in [1.29, 1.82) is 0 Å². The minimum atomic E-state index is -0.308. The summed E-state index contributed by atoms with van der Waals surface area (Å²) >= 11 is 0. The molecule has 2 heterocycles. The van der Waals surface area contributed by atoms with Crippen molar-refractivity contribution >= 4 is 17.0 Å². The summed E-state index contributed by atoms with van der Waals surface area (Å²) in [5.41, 5.74) is 7.34. The van der Waals surface area contributed by atoms with E-state index >= 15 is 0 Å². The number of aromatic nitrogens is 4. The fourth-order valence-corrected chi connectivity index (χ4v) is 2.31. The fraction of sp³-hybridized carbons (Fsp3) is 0.231. The van der Waals surface area contributed by atoms with Crippen LogP contribution < -0.4 is 5.73 Å². The van der Waals surface area contributed by atoms with E-state index < -0.39 is 0 Å². The van der Waals surface area contributed by atoms with Gasteiger partial charge in [0.15, 0.2) is 0 Å². The van der Waals surface area contributed by atoms with Crippen LogP contribution in [-0.4, -0.2) is 19.3 Å². The molecule has 19 heavy (non-hydrogen) atoms. The van der Waals surface area contributed by atoms with Gasteiger partial charge in [0.05, 0.1) is 23.6 Å². The first-order valence-electron chi connectivity index (χ1n) is 6.05. The Morgan fingerprint density at radius 3 is 3.00 bits per heavy atom. The molecule has 2 N–H and O–H groups in total. The molecule has 1 aromatic carbocycles. The van der Waals surface area contributed by atoms with Crippen LogP contribution in [-0.2, 0) is 6.54 Å². The van der Waals surface area contributed by atoms with Crippen LogP contribution in [0.5, 0.6) is 0 Å². The smallest absolute Gasteiger partial charge is 0.201 e. The average Bonchev–Trinajstić information content (AvgIpc) is 2.95. The molecule has 3 rings (SSSR count). The Hall–Kier alpha value is -2.37. The molecule has 0 aliphatic heterocycles. The second kappa shape index (κ2) is 4.38. The number of nitrogens with two attached hydrogens (primary N) is 1. The minimum absolute atomic E-state index is 0.0790. The van der Waals surface area contributed by atoms with E-state index in [0.29, 0.717) is 18.0 Å². The summed E-state index contributed by atoms with van der Waals surface area (Å²) < 4.78 is 16.9. The number of imidazole rings is 1. The number of nitrogens with zero attached hydrogens (tertiary/aromatic N) is 4. The highest BCUT2D eigenvalue weighted by Gasteiger charge is 2.15. The zero-order chi connectivity index (χ0) is 13.4. The quantitative estimate of drug-likeness (QED) is 0.784.